The molecule has 2 heterocycles. The second-order valence-electron chi connectivity index (χ2n) is 4.94. The molecule has 0 aliphatic rings. The smallest absolute Gasteiger partial charge is 0.173 e. The third-order valence-corrected chi connectivity index (χ3v) is 4.28. The largest absolute Gasteiger partial charge is 0.497 e. The number of hydrogen-bond acceptors (Lipinski definition) is 6. The van der Waals surface area contributed by atoms with Gasteiger partial charge in [0.25, 0.3) is 0 Å². The maximum atomic E-state index is 12.2. The summed E-state index contributed by atoms with van der Waals surface area (Å²) in [5, 5.41) is 9.08. The summed E-state index contributed by atoms with van der Waals surface area (Å²) in [6, 6.07) is 14.7. The number of carbonyl (C=O) groups is 1. The van der Waals surface area contributed by atoms with Crippen LogP contribution in [-0.4, -0.2) is 33.8 Å². The molecule has 0 aliphatic carbocycles. The number of hydrogen-bond donors (Lipinski definition) is 0. The van der Waals surface area contributed by atoms with Gasteiger partial charge in [-0.15, -0.1) is 10.2 Å². The van der Waals surface area contributed by atoms with E-state index < -0.39 is 0 Å². The summed E-state index contributed by atoms with van der Waals surface area (Å²) in [7, 11) is 1.58. The fourth-order valence-electron chi connectivity index (χ4n) is 2.09. The lowest BCUT2D eigenvalue weighted by molar-refractivity contribution is 0.102. The molecule has 3 aromatic rings. The average molecular weight is 337 g/mol. The van der Waals surface area contributed by atoms with E-state index in [0.717, 1.165) is 11.3 Å². The molecule has 0 N–H and O–H groups in total. The number of rotatable bonds is 6. The van der Waals surface area contributed by atoms with Gasteiger partial charge in [0.2, 0.25) is 0 Å². The Labute approximate surface area is 144 Å². The quantitative estimate of drug-likeness (QED) is 0.506. The molecule has 2 aromatic heterocycles. The van der Waals surface area contributed by atoms with Crippen molar-refractivity contribution >= 4 is 17.5 Å². The Balaban J connectivity index is 1.63. The SMILES string of the molecule is COc1cccc(C(=O)CSc2ccc(-c3ccncc3)nn2)c1. The van der Waals surface area contributed by atoms with Crippen molar-refractivity contribution in [3.8, 4) is 17.0 Å². The van der Waals surface area contributed by atoms with Crippen molar-refractivity contribution in [3.05, 3.63) is 66.5 Å². The Morgan fingerprint density at radius 2 is 1.92 bits per heavy atom. The predicted molar refractivity (Wildman–Crippen MR) is 93.3 cm³/mol. The van der Waals surface area contributed by atoms with E-state index in [9.17, 15) is 4.79 Å². The molecule has 0 unspecified atom stereocenters. The van der Waals surface area contributed by atoms with E-state index in [1.54, 1.807) is 37.7 Å². The second kappa shape index (κ2) is 7.70. The van der Waals surface area contributed by atoms with Gasteiger partial charge in [-0.3, -0.25) is 9.78 Å². The van der Waals surface area contributed by atoms with Gasteiger partial charge in [-0.1, -0.05) is 23.9 Å². The third-order valence-electron chi connectivity index (χ3n) is 3.36. The van der Waals surface area contributed by atoms with Crippen LogP contribution in [0.4, 0.5) is 0 Å². The Morgan fingerprint density at radius 3 is 2.62 bits per heavy atom. The van der Waals surface area contributed by atoms with Crippen LogP contribution in [0.5, 0.6) is 5.75 Å². The summed E-state index contributed by atoms with van der Waals surface area (Å²) in [6.07, 6.45) is 3.43. The number of methoxy groups -OCH3 is 1. The molecule has 0 fully saturated rings. The average Bonchev–Trinajstić information content (AvgIpc) is 2.67. The fourth-order valence-corrected chi connectivity index (χ4v) is 2.80. The summed E-state index contributed by atoms with van der Waals surface area (Å²) in [6.45, 7) is 0. The van der Waals surface area contributed by atoms with Gasteiger partial charge in [0.05, 0.1) is 18.6 Å². The molecule has 0 saturated carbocycles. The van der Waals surface area contributed by atoms with Crippen LogP contribution in [0.15, 0.2) is 66.0 Å². The first kappa shape index (κ1) is 16.1. The number of Topliss-reactive ketones (excluding diaryl/α,β-unsaturated/α-hetero) is 1. The zero-order chi connectivity index (χ0) is 16.8. The minimum Gasteiger partial charge on any atom is -0.497 e. The summed E-state index contributed by atoms with van der Waals surface area (Å²) in [5.41, 5.74) is 2.37. The van der Waals surface area contributed by atoms with Gasteiger partial charge in [-0.05, 0) is 36.4 Å². The van der Waals surface area contributed by atoms with Crippen molar-refractivity contribution in [2.24, 2.45) is 0 Å². The first-order chi connectivity index (χ1) is 11.8. The molecule has 0 radical (unpaired) electrons. The van der Waals surface area contributed by atoms with Crippen LogP contribution in [0.2, 0.25) is 0 Å². The van der Waals surface area contributed by atoms with Crippen molar-refractivity contribution in [1.29, 1.82) is 0 Å². The molecule has 0 atom stereocenters. The molecular formula is C18H15N3O2S. The number of ether oxygens (including phenoxy) is 1. The van der Waals surface area contributed by atoms with Gasteiger partial charge in [-0.25, -0.2) is 0 Å². The number of carbonyl (C=O) groups excluding carboxylic acids is 1. The van der Waals surface area contributed by atoms with Crippen molar-refractivity contribution in [3.63, 3.8) is 0 Å². The molecule has 0 saturated heterocycles. The lowest BCUT2D eigenvalue weighted by Crippen LogP contribution is -2.03. The number of pyridine rings is 1. The normalized spacial score (nSPS) is 10.4. The van der Waals surface area contributed by atoms with Gasteiger partial charge < -0.3 is 4.74 Å². The molecule has 0 bridgehead atoms. The molecule has 3 rings (SSSR count). The van der Waals surface area contributed by atoms with Crippen LogP contribution >= 0.6 is 11.8 Å². The van der Waals surface area contributed by atoms with Crippen molar-refractivity contribution in [2.45, 2.75) is 5.03 Å². The topological polar surface area (TPSA) is 65.0 Å². The standard InChI is InChI=1S/C18H15N3O2S/c1-23-15-4-2-3-14(11-15)17(22)12-24-18-6-5-16(20-21-18)13-7-9-19-10-8-13/h2-11H,12H2,1H3. The molecule has 0 amide bonds. The lowest BCUT2D eigenvalue weighted by atomic mass is 10.1. The van der Waals surface area contributed by atoms with Crippen molar-refractivity contribution in [2.75, 3.05) is 12.9 Å². The highest BCUT2D eigenvalue weighted by Crippen LogP contribution is 2.21. The number of aromatic nitrogens is 3. The van der Waals surface area contributed by atoms with Crippen LogP contribution in [-0.2, 0) is 0 Å². The van der Waals surface area contributed by atoms with E-state index in [4.69, 9.17) is 4.74 Å². The first-order valence-corrected chi connectivity index (χ1v) is 8.29. The Bertz CT molecular complexity index is 823. The van der Waals surface area contributed by atoms with E-state index in [2.05, 4.69) is 15.2 Å². The zero-order valence-electron chi connectivity index (χ0n) is 13.0. The van der Waals surface area contributed by atoms with Crippen LogP contribution in [0.25, 0.3) is 11.3 Å². The Hall–Kier alpha value is -2.73. The van der Waals surface area contributed by atoms with E-state index in [-0.39, 0.29) is 5.78 Å². The van der Waals surface area contributed by atoms with Gasteiger partial charge in [0.1, 0.15) is 10.8 Å². The van der Waals surface area contributed by atoms with Crippen molar-refractivity contribution < 1.29 is 9.53 Å². The van der Waals surface area contributed by atoms with Crippen LogP contribution in [0.1, 0.15) is 10.4 Å². The Kier molecular flexibility index (Phi) is 5.18. The molecule has 6 heteroatoms. The highest BCUT2D eigenvalue weighted by atomic mass is 32.2. The molecule has 0 aliphatic heterocycles. The highest BCUT2D eigenvalue weighted by Gasteiger charge is 2.09. The van der Waals surface area contributed by atoms with Gasteiger partial charge in [0, 0.05) is 23.5 Å². The van der Waals surface area contributed by atoms with Crippen molar-refractivity contribution in [1.82, 2.24) is 15.2 Å². The molecule has 120 valence electrons. The monoisotopic (exact) mass is 337 g/mol. The minimum absolute atomic E-state index is 0.0268. The van der Waals surface area contributed by atoms with E-state index in [1.807, 2.05) is 30.3 Å². The third kappa shape index (κ3) is 3.97. The number of benzene rings is 1. The summed E-state index contributed by atoms with van der Waals surface area (Å²) in [4.78, 5) is 16.2. The van der Waals surface area contributed by atoms with Crippen LogP contribution in [0, 0.1) is 0 Å². The predicted octanol–water partition coefficient (Wildman–Crippen LogP) is 3.52. The van der Waals surface area contributed by atoms with E-state index in [1.165, 1.54) is 11.8 Å². The fraction of sp³-hybridized carbons (Fsp3) is 0.111. The highest BCUT2D eigenvalue weighted by molar-refractivity contribution is 7.99. The maximum Gasteiger partial charge on any atom is 0.173 e. The number of ketones is 1. The Morgan fingerprint density at radius 1 is 1.08 bits per heavy atom. The molecule has 24 heavy (non-hydrogen) atoms. The summed E-state index contributed by atoms with van der Waals surface area (Å²) >= 11 is 1.36. The van der Waals surface area contributed by atoms with Gasteiger partial charge in [0.15, 0.2) is 5.78 Å². The van der Waals surface area contributed by atoms with Gasteiger partial charge in [-0.2, -0.15) is 0 Å². The minimum atomic E-state index is 0.0268. The second-order valence-corrected chi connectivity index (χ2v) is 5.93. The zero-order valence-corrected chi connectivity index (χ0v) is 13.9. The number of thioether (sulfide) groups is 1. The molecular weight excluding hydrogens is 322 g/mol. The van der Waals surface area contributed by atoms with E-state index in [0.29, 0.717) is 22.1 Å². The lowest BCUT2D eigenvalue weighted by Gasteiger charge is -2.04. The number of nitrogens with zero attached hydrogens (tertiary/aromatic N) is 3. The molecule has 5 nitrogen and oxygen atoms in total. The summed E-state index contributed by atoms with van der Waals surface area (Å²) < 4.78 is 5.14. The van der Waals surface area contributed by atoms with E-state index >= 15 is 0 Å². The van der Waals surface area contributed by atoms with Crippen LogP contribution in [0.3, 0.4) is 0 Å². The molecule has 1 aromatic carbocycles. The summed E-state index contributed by atoms with van der Waals surface area (Å²) in [5.74, 6) is 1.00. The first-order valence-electron chi connectivity index (χ1n) is 7.30. The molecule has 0 spiro atoms. The van der Waals surface area contributed by atoms with Crippen LogP contribution < -0.4 is 4.74 Å². The maximum absolute atomic E-state index is 12.2. The van der Waals surface area contributed by atoms with Gasteiger partial charge >= 0.3 is 0 Å².